The van der Waals surface area contributed by atoms with Crippen molar-refractivity contribution in [3.05, 3.63) is 40.3 Å². The van der Waals surface area contributed by atoms with Crippen LogP contribution in [0.3, 0.4) is 0 Å². The summed E-state index contributed by atoms with van der Waals surface area (Å²) in [4.78, 5) is 4.19. The lowest BCUT2D eigenvalue weighted by Gasteiger charge is -2.08. The molecule has 0 fully saturated rings. The average molecular weight is 219 g/mol. The fourth-order valence-electron chi connectivity index (χ4n) is 1.35. The van der Waals surface area contributed by atoms with Gasteiger partial charge in [0.15, 0.2) is 0 Å². The summed E-state index contributed by atoms with van der Waals surface area (Å²) < 4.78 is 0. The molecule has 0 amide bonds. The van der Waals surface area contributed by atoms with Crippen LogP contribution in [0.1, 0.15) is 10.6 Å². The normalized spacial score (nSPS) is 10.2. The Bertz CT molecular complexity index is 437. The number of rotatable bonds is 3. The minimum absolute atomic E-state index is 0.727. The van der Waals surface area contributed by atoms with Gasteiger partial charge in [0.05, 0.1) is 17.9 Å². The molecule has 78 valence electrons. The fraction of sp³-hybridized carbons (Fsp3) is 0.182. The van der Waals surface area contributed by atoms with Gasteiger partial charge in [-0.3, -0.25) is 0 Å². The molecule has 0 aliphatic carbocycles. The number of nitrogen functional groups attached to an aromatic ring is 1. The summed E-state index contributed by atoms with van der Waals surface area (Å²) >= 11 is 1.64. The molecule has 3 nitrogen and oxygen atoms in total. The molecule has 3 N–H and O–H groups in total. The highest BCUT2D eigenvalue weighted by atomic mass is 32.1. The first kappa shape index (κ1) is 9.98. The van der Waals surface area contributed by atoms with Gasteiger partial charge in [-0.15, -0.1) is 11.3 Å². The van der Waals surface area contributed by atoms with Gasteiger partial charge in [-0.25, -0.2) is 4.98 Å². The number of aryl methyl sites for hydroxylation is 1. The van der Waals surface area contributed by atoms with Gasteiger partial charge in [0.1, 0.15) is 5.01 Å². The van der Waals surface area contributed by atoms with Crippen molar-refractivity contribution in [1.82, 2.24) is 4.98 Å². The number of hydrogen-bond acceptors (Lipinski definition) is 4. The molecule has 0 atom stereocenters. The Kier molecular flexibility index (Phi) is 2.87. The van der Waals surface area contributed by atoms with E-state index in [9.17, 15) is 0 Å². The number of nitrogens with zero attached hydrogens (tertiary/aromatic N) is 1. The van der Waals surface area contributed by atoms with E-state index in [0.717, 1.165) is 22.9 Å². The molecule has 1 aromatic heterocycles. The Balaban J connectivity index is 2.05. The monoisotopic (exact) mass is 219 g/mol. The van der Waals surface area contributed by atoms with E-state index in [1.807, 2.05) is 30.5 Å². The maximum Gasteiger partial charge on any atom is 0.112 e. The molecule has 2 rings (SSSR count). The smallest absolute Gasteiger partial charge is 0.112 e. The highest BCUT2D eigenvalue weighted by Gasteiger charge is 1.99. The second-order valence-electron chi connectivity index (χ2n) is 3.37. The van der Waals surface area contributed by atoms with E-state index in [-0.39, 0.29) is 0 Å². The van der Waals surface area contributed by atoms with Crippen LogP contribution >= 0.6 is 11.3 Å². The fourth-order valence-corrected chi connectivity index (χ4v) is 1.91. The van der Waals surface area contributed by atoms with Crippen molar-refractivity contribution in [3.63, 3.8) is 0 Å². The predicted molar refractivity (Wildman–Crippen MR) is 65.0 cm³/mol. The van der Waals surface area contributed by atoms with Crippen LogP contribution in [0.4, 0.5) is 11.4 Å². The first-order valence-corrected chi connectivity index (χ1v) is 5.62. The zero-order valence-corrected chi connectivity index (χ0v) is 9.34. The predicted octanol–water partition coefficient (Wildman–Crippen LogP) is 2.65. The minimum Gasteiger partial charge on any atom is -0.397 e. The van der Waals surface area contributed by atoms with Crippen LogP contribution in [0.5, 0.6) is 0 Å². The zero-order chi connectivity index (χ0) is 10.7. The SMILES string of the molecule is Cc1ccc(NCc2nccs2)c(N)c1. The van der Waals surface area contributed by atoms with Crippen LogP contribution in [0, 0.1) is 6.92 Å². The maximum atomic E-state index is 5.88. The number of nitrogens with two attached hydrogens (primary N) is 1. The van der Waals surface area contributed by atoms with E-state index in [4.69, 9.17) is 5.73 Å². The molecule has 0 aliphatic rings. The molecule has 0 aliphatic heterocycles. The van der Waals surface area contributed by atoms with Crippen LogP contribution < -0.4 is 11.1 Å². The molecule has 0 radical (unpaired) electrons. The van der Waals surface area contributed by atoms with Crippen LogP contribution in [-0.2, 0) is 6.54 Å². The quantitative estimate of drug-likeness (QED) is 0.780. The molecule has 1 heterocycles. The summed E-state index contributed by atoms with van der Waals surface area (Å²) in [6.07, 6.45) is 1.81. The number of aromatic nitrogens is 1. The maximum absolute atomic E-state index is 5.88. The van der Waals surface area contributed by atoms with Gasteiger partial charge in [-0.05, 0) is 24.6 Å². The second-order valence-corrected chi connectivity index (χ2v) is 4.35. The van der Waals surface area contributed by atoms with Gasteiger partial charge in [-0.2, -0.15) is 0 Å². The van der Waals surface area contributed by atoms with Gasteiger partial charge in [-0.1, -0.05) is 6.07 Å². The molecular weight excluding hydrogens is 206 g/mol. The summed E-state index contributed by atoms with van der Waals surface area (Å²) in [7, 11) is 0. The largest absolute Gasteiger partial charge is 0.397 e. The number of nitrogens with one attached hydrogen (secondary N) is 1. The Morgan fingerprint density at radius 1 is 1.47 bits per heavy atom. The van der Waals surface area contributed by atoms with Gasteiger partial charge < -0.3 is 11.1 Å². The Morgan fingerprint density at radius 3 is 3.00 bits per heavy atom. The van der Waals surface area contributed by atoms with E-state index in [2.05, 4.69) is 10.3 Å². The van der Waals surface area contributed by atoms with Crippen molar-refractivity contribution in [3.8, 4) is 0 Å². The molecule has 0 bridgehead atoms. The van der Waals surface area contributed by atoms with Gasteiger partial charge in [0, 0.05) is 11.6 Å². The van der Waals surface area contributed by atoms with E-state index in [1.165, 1.54) is 5.56 Å². The van der Waals surface area contributed by atoms with Crippen molar-refractivity contribution >= 4 is 22.7 Å². The summed E-state index contributed by atoms with van der Waals surface area (Å²) in [6, 6.07) is 6.00. The Labute approximate surface area is 93.0 Å². The van der Waals surface area contributed by atoms with Crippen LogP contribution in [0.25, 0.3) is 0 Å². The second kappa shape index (κ2) is 4.31. The summed E-state index contributed by atoms with van der Waals surface area (Å²) in [6.45, 7) is 2.76. The van der Waals surface area contributed by atoms with Gasteiger partial charge in [0.2, 0.25) is 0 Å². The van der Waals surface area contributed by atoms with Crippen LogP contribution in [0.2, 0.25) is 0 Å². The zero-order valence-electron chi connectivity index (χ0n) is 8.53. The van der Waals surface area contributed by atoms with Gasteiger partial charge in [0.25, 0.3) is 0 Å². The van der Waals surface area contributed by atoms with Crippen molar-refractivity contribution in [2.45, 2.75) is 13.5 Å². The topological polar surface area (TPSA) is 50.9 Å². The molecule has 0 saturated carbocycles. The summed E-state index contributed by atoms with van der Waals surface area (Å²) in [5, 5.41) is 6.30. The minimum atomic E-state index is 0.727. The summed E-state index contributed by atoms with van der Waals surface area (Å²) in [5.74, 6) is 0. The van der Waals surface area contributed by atoms with Crippen molar-refractivity contribution < 1.29 is 0 Å². The number of benzene rings is 1. The Hall–Kier alpha value is -1.55. The lowest BCUT2D eigenvalue weighted by molar-refractivity contribution is 1.10. The van der Waals surface area contributed by atoms with E-state index < -0.39 is 0 Å². The molecular formula is C11H13N3S. The first-order valence-electron chi connectivity index (χ1n) is 4.74. The highest BCUT2D eigenvalue weighted by Crippen LogP contribution is 2.20. The van der Waals surface area contributed by atoms with Crippen molar-refractivity contribution in [1.29, 1.82) is 0 Å². The molecule has 15 heavy (non-hydrogen) atoms. The lowest BCUT2D eigenvalue weighted by Crippen LogP contribution is -2.02. The number of thiazole rings is 1. The third kappa shape index (κ3) is 2.47. The summed E-state index contributed by atoms with van der Waals surface area (Å²) in [5.41, 5.74) is 8.81. The third-order valence-corrected chi connectivity index (χ3v) is 2.90. The van der Waals surface area contributed by atoms with Crippen molar-refractivity contribution in [2.24, 2.45) is 0 Å². The molecule has 0 spiro atoms. The van der Waals surface area contributed by atoms with E-state index in [1.54, 1.807) is 17.5 Å². The molecule has 2 aromatic rings. The third-order valence-electron chi connectivity index (χ3n) is 2.12. The number of anilines is 2. The molecule has 1 aromatic carbocycles. The van der Waals surface area contributed by atoms with Crippen LogP contribution in [0.15, 0.2) is 29.8 Å². The van der Waals surface area contributed by atoms with Crippen LogP contribution in [-0.4, -0.2) is 4.98 Å². The van der Waals surface area contributed by atoms with E-state index >= 15 is 0 Å². The lowest BCUT2D eigenvalue weighted by atomic mass is 10.2. The molecule has 4 heteroatoms. The first-order chi connectivity index (χ1) is 7.25. The molecule has 0 unspecified atom stereocenters. The standard InChI is InChI=1S/C11H13N3S/c1-8-2-3-10(9(12)6-8)14-7-11-13-4-5-15-11/h2-6,14H,7,12H2,1H3. The van der Waals surface area contributed by atoms with E-state index in [0.29, 0.717) is 0 Å². The van der Waals surface area contributed by atoms with Crippen molar-refractivity contribution in [2.75, 3.05) is 11.1 Å². The Morgan fingerprint density at radius 2 is 2.33 bits per heavy atom. The average Bonchev–Trinajstić information content (AvgIpc) is 2.69. The molecule has 0 saturated heterocycles. The highest BCUT2D eigenvalue weighted by molar-refractivity contribution is 7.09. The number of hydrogen-bond donors (Lipinski definition) is 2. The van der Waals surface area contributed by atoms with Gasteiger partial charge >= 0.3 is 0 Å².